The zero-order chi connectivity index (χ0) is 15.7. The molecule has 1 aliphatic carbocycles. The number of benzene rings is 1. The smallest absolute Gasteiger partial charge is 0.241 e. The summed E-state index contributed by atoms with van der Waals surface area (Å²) < 4.78 is 27.5. The van der Waals surface area contributed by atoms with Crippen molar-refractivity contribution in [2.75, 3.05) is 0 Å². The third-order valence-corrected chi connectivity index (χ3v) is 5.22. The lowest BCUT2D eigenvalue weighted by molar-refractivity contribution is 0.491. The number of hydrogen-bond acceptors (Lipinski definition) is 3. The minimum absolute atomic E-state index is 0.349. The molecule has 0 saturated heterocycles. The fourth-order valence-electron chi connectivity index (χ4n) is 2.28. The fraction of sp³-hybridized carbons (Fsp3) is 0.625. The van der Waals surface area contributed by atoms with E-state index < -0.39 is 15.6 Å². The van der Waals surface area contributed by atoms with Gasteiger partial charge in [-0.25, -0.2) is 13.1 Å². The Balaban J connectivity index is 2.25. The van der Waals surface area contributed by atoms with Crippen LogP contribution in [-0.2, 0) is 23.0 Å². The van der Waals surface area contributed by atoms with Crippen LogP contribution in [0.4, 0.5) is 0 Å². The topological polar surface area (TPSA) is 58.2 Å². The van der Waals surface area contributed by atoms with Crippen LogP contribution in [0, 0.1) is 0 Å². The van der Waals surface area contributed by atoms with Crippen molar-refractivity contribution >= 4 is 10.0 Å². The van der Waals surface area contributed by atoms with E-state index in [-0.39, 0.29) is 0 Å². The molecule has 1 fully saturated rings. The Morgan fingerprint density at radius 2 is 1.86 bits per heavy atom. The van der Waals surface area contributed by atoms with E-state index in [1.807, 2.05) is 32.9 Å². The molecule has 1 aliphatic rings. The van der Waals surface area contributed by atoms with Crippen LogP contribution >= 0.6 is 0 Å². The van der Waals surface area contributed by atoms with Crippen LogP contribution in [-0.4, -0.2) is 20.0 Å². The van der Waals surface area contributed by atoms with Gasteiger partial charge in [0.05, 0.1) is 4.90 Å². The third kappa shape index (κ3) is 4.80. The van der Waals surface area contributed by atoms with E-state index in [1.54, 1.807) is 6.07 Å². The van der Waals surface area contributed by atoms with E-state index in [4.69, 9.17) is 0 Å². The second-order valence-corrected chi connectivity index (χ2v) is 8.48. The monoisotopic (exact) mass is 310 g/mol. The first-order valence-electron chi connectivity index (χ1n) is 7.60. The first-order chi connectivity index (χ1) is 9.71. The third-order valence-electron chi connectivity index (χ3n) is 3.47. The molecular weight excluding hydrogens is 284 g/mol. The van der Waals surface area contributed by atoms with Crippen molar-refractivity contribution in [1.29, 1.82) is 0 Å². The Bertz CT molecular complexity index is 599. The molecule has 1 aromatic carbocycles. The highest BCUT2D eigenvalue weighted by Gasteiger charge is 2.24. The molecule has 4 nitrogen and oxygen atoms in total. The van der Waals surface area contributed by atoms with Gasteiger partial charge in [0, 0.05) is 18.1 Å². The lowest BCUT2D eigenvalue weighted by Gasteiger charge is -2.21. The van der Waals surface area contributed by atoms with Gasteiger partial charge in [-0.2, -0.15) is 0 Å². The van der Waals surface area contributed by atoms with Gasteiger partial charge in [0.1, 0.15) is 0 Å². The summed E-state index contributed by atoms with van der Waals surface area (Å²) in [5, 5.41) is 3.46. The maximum Gasteiger partial charge on any atom is 0.241 e. The van der Waals surface area contributed by atoms with E-state index in [9.17, 15) is 8.42 Å². The first-order valence-corrected chi connectivity index (χ1v) is 9.09. The summed E-state index contributed by atoms with van der Waals surface area (Å²) >= 11 is 0. The van der Waals surface area contributed by atoms with Gasteiger partial charge in [0.15, 0.2) is 0 Å². The van der Waals surface area contributed by atoms with Crippen molar-refractivity contribution in [3.63, 3.8) is 0 Å². The zero-order valence-corrected chi connectivity index (χ0v) is 14.2. The van der Waals surface area contributed by atoms with Crippen molar-refractivity contribution in [2.45, 2.75) is 70.0 Å². The van der Waals surface area contributed by atoms with Gasteiger partial charge in [-0.3, -0.25) is 0 Å². The molecule has 0 atom stereocenters. The molecule has 0 radical (unpaired) electrons. The number of sulfonamides is 1. The van der Waals surface area contributed by atoms with Crippen LogP contribution in [0.5, 0.6) is 0 Å². The summed E-state index contributed by atoms with van der Waals surface area (Å²) in [7, 11) is -3.47. The minimum Gasteiger partial charge on any atom is -0.310 e. The van der Waals surface area contributed by atoms with Gasteiger partial charge in [-0.15, -0.1) is 0 Å². The van der Waals surface area contributed by atoms with Gasteiger partial charge in [0.25, 0.3) is 0 Å². The molecule has 118 valence electrons. The Kier molecular flexibility index (Phi) is 4.76. The standard InChI is InChI=1S/C16H26N2O2S/c1-5-12-6-9-15(21(19,20)18-16(2,3)4)10-13(12)11-17-14-7-8-14/h6,9-10,14,17-18H,5,7-8,11H2,1-4H3. The first kappa shape index (κ1) is 16.5. The lowest BCUT2D eigenvalue weighted by atomic mass is 10.1. The molecule has 0 aromatic heterocycles. The van der Waals surface area contributed by atoms with Crippen molar-refractivity contribution < 1.29 is 8.42 Å². The van der Waals surface area contributed by atoms with E-state index in [1.165, 1.54) is 18.4 Å². The molecule has 0 aliphatic heterocycles. The fourth-order valence-corrected chi connectivity index (χ4v) is 3.75. The molecule has 0 amide bonds. The summed E-state index contributed by atoms with van der Waals surface area (Å²) in [6, 6.07) is 6.06. The van der Waals surface area contributed by atoms with Gasteiger partial charge in [-0.05, 0) is 63.3 Å². The number of nitrogens with one attached hydrogen (secondary N) is 2. The predicted molar refractivity (Wildman–Crippen MR) is 85.8 cm³/mol. The van der Waals surface area contributed by atoms with Gasteiger partial charge in [-0.1, -0.05) is 13.0 Å². The van der Waals surface area contributed by atoms with Crippen molar-refractivity contribution in [2.24, 2.45) is 0 Å². The molecule has 0 bridgehead atoms. The van der Waals surface area contributed by atoms with Crippen LogP contribution < -0.4 is 10.0 Å². The quantitative estimate of drug-likeness (QED) is 0.849. The van der Waals surface area contributed by atoms with Crippen LogP contribution in [0.15, 0.2) is 23.1 Å². The van der Waals surface area contributed by atoms with Gasteiger partial charge < -0.3 is 5.32 Å². The Hall–Kier alpha value is -0.910. The zero-order valence-electron chi connectivity index (χ0n) is 13.4. The minimum atomic E-state index is -3.47. The SMILES string of the molecule is CCc1ccc(S(=O)(=O)NC(C)(C)C)cc1CNC1CC1. The molecule has 2 N–H and O–H groups in total. The lowest BCUT2D eigenvalue weighted by Crippen LogP contribution is -2.40. The number of aryl methyl sites for hydroxylation is 1. The number of rotatable bonds is 6. The van der Waals surface area contributed by atoms with Crippen molar-refractivity contribution in [1.82, 2.24) is 10.0 Å². The predicted octanol–water partition coefficient (Wildman–Crippen LogP) is 2.58. The summed E-state index contributed by atoms with van der Waals surface area (Å²) in [5.74, 6) is 0. The Morgan fingerprint density at radius 1 is 1.19 bits per heavy atom. The molecule has 1 saturated carbocycles. The molecule has 0 heterocycles. The highest BCUT2D eigenvalue weighted by molar-refractivity contribution is 7.89. The van der Waals surface area contributed by atoms with Crippen LogP contribution in [0.25, 0.3) is 0 Å². The number of hydrogen-bond donors (Lipinski definition) is 2. The molecular formula is C16H26N2O2S. The summed E-state index contributed by atoms with van der Waals surface area (Å²) in [5.41, 5.74) is 1.81. The molecule has 1 aromatic rings. The summed E-state index contributed by atoms with van der Waals surface area (Å²) in [4.78, 5) is 0.349. The summed E-state index contributed by atoms with van der Waals surface area (Å²) in [6.07, 6.45) is 3.37. The normalized spacial score (nSPS) is 16.2. The summed E-state index contributed by atoms with van der Waals surface area (Å²) in [6.45, 7) is 8.38. The highest BCUT2D eigenvalue weighted by atomic mass is 32.2. The van der Waals surface area contributed by atoms with Crippen molar-refractivity contribution in [3.8, 4) is 0 Å². The molecule has 21 heavy (non-hydrogen) atoms. The second-order valence-electron chi connectivity index (χ2n) is 6.79. The average molecular weight is 310 g/mol. The van der Waals surface area contributed by atoms with E-state index in [0.29, 0.717) is 10.9 Å². The van der Waals surface area contributed by atoms with Crippen LogP contribution in [0.3, 0.4) is 0 Å². The average Bonchev–Trinajstić information content (AvgIpc) is 3.17. The van der Waals surface area contributed by atoms with E-state index >= 15 is 0 Å². The van der Waals surface area contributed by atoms with Crippen molar-refractivity contribution in [3.05, 3.63) is 29.3 Å². The Labute approximate surface area is 128 Å². The van der Waals surface area contributed by atoms with Crippen LogP contribution in [0.1, 0.15) is 51.7 Å². The van der Waals surface area contributed by atoms with Crippen LogP contribution in [0.2, 0.25) is 0 Å². The maximum absolute atomic E-state index is 12.4. The Morgan fingerprint density at radius 3 is 2.38 bits per heavy atom. The molecule has 0 unspecified atom stereocenters. The highest BCUT2D eigenvalue weighted by Crippen LogP contribution is 2.22. The van der Waals surface area contributed by atoms with E-state index in [0.717, 1.165) is 18.5 Å². The van der Waals surface area contributed by atoms with Gasteiger partial charge in [0.2, 0.25) is 10.0 Å². The molecule has 0 spiro atoms. The largest absolute Gasteiger partial charge is 0.310 e. The molecule has 5 heteroatoms. The van der Waals surface area contributed by atoms with Gasteiger partial charge >= 0.3 is 0 Å². The second kappa shape index (κ2) is 6.07. The van der Waals surface area contributed by atoms with E-state index in [2.05, 4.69) is 17.0 Å². The molecule has 2 rings (SSSR count). The maximum atomic E-state index is 12.4.